The van der Waals surface area contributed by atoms with Gasteiger partial charge in [-0.15, -0.1) is 0 Å². The van der Waals surface area contributed by atoms with E-state index >= 15 is 0 Å². The van der Waals surface area contributed by atoms with Crippen LogP contribution in [-0.4, -0.2) is 15.8 Å². The van der Waals surface area contributed by atoms with Crippen LogP contribution in [0, 0.1) is 0 Å². The van der Waals surface area contributed by atoms with Crippen LogP contribution >= 0.6 is 0 Å². The molecule has 0 atom stereocenters. The fraction of sp³-hybridized carbons (Fsp3) is 0.375. The molecule has 0 radical (unpaired) electrons. The first kappa shape index (κ1) is 8.64. The van der Waals surface area contributed by atoms with Crippen molar-refractivity contribution in [3.8, 4) is 0 Å². The van der Waals surface area contributed by atoms with Crippen molar-refractivity contribution in [3.63, 3.8) is 0 Å². The van der Waals surface area contributed by atoms with E-state index in [0.717, 1.165) is 6.42 Å². The summed E-state index contributed by atoms with van der Waals surface area (Å²) in [6.07, 6.45) is 4.00. The van der Waals surface area contributed by atoms with Crippen molar-refractivity contribution in [2.45, 2.75) is 19.8 Å². The predicted octanol–water partition coefficient (Wildman–Crippen LogP) is 0.753. The first-order valence-electron chi connectivity index (χ1n) is 3.82. The minimum atomic E-state index is -0.428. The van der Waals surface area contributed by atoms with E-state index in [1.807, 2.05) is 6.92 Å². The van der Waals surface area contributed by atoms with E-state index in [9.17, 15) is 9.59 Å². The summed E-state index contributed by atoms with van der Waals surface area (Å²) in [4.78, 5) is 27.5. The Hall–Kier alpha value is -1.45. The number of aromatic amines is 1. The largest absolute Gasteiger partial charge is 0.344 e. The Labute approximate surface area is 69.7 Å². The smallest absolute Gasteiger partial charge is 0.312 e. The average molecular weight is 166 g/mol. The quantitative estimate of drug-likeness (QED) is 0.674. The monoisotopic (exact) mass is 166 g/mol. The summed E-state index contributed by atoms with van der Waals surface area (Å²) in [7, 11) is 0. The second kappa shape index (κ2) is 3.80. The zero-order valence-corrected chi connectivity index (χ0v) is 6.83. The number of carbonyl (C=O) groups is 1. The van der Waals surface area contributed by atoms with Crippen LogP contribution in [0.15, 0.2) is 17.2 Å². The number of aromatic nitrogens is 2. The van der Waals surface area contributed by atoms with Crippen LogP contribution in [0.1, 0.15) is 30.1 Å². The molecule has 12 heavy (non-hydrogen) atoms. The van der Waals surface area contributed by atoms with Gasteiger partial charge in [0.05, 0.1) is 5.56 Å². The van der Waals surface area contributed by atoms with Crippen LogP contribution in [-0.2, 0) is 0 Å². The zero-order valence-electron chi connectivity index (χ0n) is 6.83. The maximum absolute atomic E-state index is 11.2. The minimum absolute atomic E-state index is 0.0150. The number of hydrogen-bond donors (Lipinski definition) is 1. The van der Waals surface area contributed by atoms with Gasteiger partial charge < -0.3 is 4.98 Å². The molecule has 1 aromatic heterocycles. The topological polar surface area (TPSA) is 62.8 Å². The highest BCUT2D eigenvalue weighted by atomic mass is 16.1. The van der Waals surface area contributed by atoms with Crippen LogP contribution in [0.3, 0.4) is 0 Å². The Morgan fingerprint density at radius 2 is 2.42 bits per heavy atom. The normalized spacial score (nSPS) is 9.75. The van der Waals surface area contributed by atoms with E-state index in [1.54, 1.807) is 0 Å². The van der Waals surface area contributed by atoms with E-state index < -0.39 is 5.69 Å². The van der Waals surface area contributed by atoms with Crippen LogP contribution < -0.4 is 5.69 Å². The fourth-order valence-corrected chi connectivity index (χ4v) is 0.866. The van der Waals surface area contributed by atoms with Crippen molar-refractivity contribution < 1.29 is 4.79 Å². The SMILES string of the molecule is CCCC(=O)c1cnc(=O)[nH]c1. The van der Waals surface area contributed by atoms with Gasteiger partial charge in [-0.2, -0.15) is 0 Å². The molecular weight excluding hydrogens is 156 g/mol. The molecule has 1 aromatic rings. The van der Waals surface area contributed by atoms with Gasteiger partial charge in [0, 0.05) is 18.8 Å². The van der Waals surface area contributed by atoms with E-state index in [2.05, 4.69) is 9.97 Å². The second-order valence-electron chi connectivity index (χ2n) is 2.48. The van der Waals surface area contributed by atoms with Gasteiger partial charge in [0.1, 0.15) is 0 Å². The molecule has 0 saturated carbocycles. The third-order valence-corrected chi connectivity index (χ3v) is 1.47. The summed E-state index contributed by atoms with van der Waals surface area (Å²) < 4.78 is 0. The molecule has 0 saturated heterocycles. The fourth-order valence-electron chi connectivity index (χ4n) is 0.866. The zero-order chi connectivity index (χ0) is 8.97. The molecule has 4 heteroatoms. The Morgan fingerprint density at radius 3 is 2.92 bits per heavy atom. The highest BCUT2D eigenvalue weighted by molar-refractivity contribution is 5.95. The van der Waals surface area contributed by atoms with E-state index in [-0.39, 0.29) is 5.78 Å². The summed E-state index contributed by atoms with van der Waals surface area (Å²) in [6.45, 7) is 1.93. The summed E-state index contributed by atoms with van der Waals surface area (Å²) in [6, 6.07) is 0. The van der Waals surface area contributed by atoms with E-state index in [4.69, 9.17) is 0 Å². The number of nitrogens with one attached hydrogen (secondary N) is 1. The average Bonchev–Trinajstić information content (AvgIpc) is 2.06. The lowest BCUT2D eigenvalue weighted by atomic mass is 10.1. The Morgan fingerprint density at radius 1 is 1.67 bits per heavy atom. The third kappa shape index (κ3) is 2.02. The minimum Gasteiger partial charge on any atom is -0.312 e. The van der Waals surface area contributed by atoms with Gasteiger partial charge >= 0.3 is 5.69 Å². The van der Waals surface area contributed by atoms with Gasteiger partial charge in [0.15, 0.2) is 5.78 Å². The van der Waals surface area contributed by atoms with Crippen LogP contribution in [0.5, 0.6) is 0 Å². The van der Waals surface area contributed by atoms with Crippen molar-refractivity contribution in [2.24, 2.45) is 0 Å². The van der Waals surface area contributed by atoms with Crippen molar-refractivity contribution in [1.82, 2.24) is 9.97 Å². The van der Waals surface area contributed by atoms with Gasteiger partial charge in [-0.05, 0) is 6.42 Å². The first-order chi connectivity index (χ1) is 5.74. The molecule has 1 rings (SSSR count). The molecule has 0 aliphatic carbocycles. The summed E-state index contributed by atoms with van der Waals surface area (Å²) >= 11 is 0. The van der Waals surface area contributed by atoms with Gasteiger partial charge in [-0.3, -0.25) is 4.79 Å². The van der Waals surface area contributed by atoms with Crippen molar-refractivity contribution >= 4 is 5.78 Å². The standard InChI is InChI=1S/C8H10N2O2/c1-2-3-7(11)6-4-9-8(12)10-5-6/h4-5H,2-3H2,1H3,(H,9,10,12). The van der Waals surface area contributed by atoms with Gasteiger partial charge in [-0.25, -0.2) is 9.78 Å². The molecule has 1 N–H and O–H groups in total. The first-order valence-corrected chi connectivity index (χ1v) is 3.82. The second-order valence-corrected chi connectivity index (χ2v) is 2.48. The van der Waals surface area contributed by atoms with Crippen molar-refractivity contribution in [2.75, 3.05) is 0 Å². The number of ketones is 1. The molecule has 0 unspecified atom stereocenters. The maximum atomic E-state index is 11.2. The van der Waals surface area contributed by atoms with Gasteiger partial charge in [0.2, 0.25) is 0 Å². The molecule has 1 heterocycles. The van der Waals surface area contributed by atoms with Gasteiger partial charge in [0.25, 0.3) is 0 Å². The number of Topliss-reactive ketones (excluding diaryl/α,β-unsaturated/α-hetero) is 1. The number of rotatable bonds is 3. The molecule has 0 aromatic carbocycles. The number of carbonyl (C=O) groups excluding carboxylic acids is 1. The molecule has 64 valence electrons. The third-order valence-electron chi connectivity index (χ3n) is 1.47. The van der Waals surface area contributed by atoms with Crippen molar-refractivity contribution in [3.05, 3.63) is 28.4 Å². The molecule has 0 aliphatic rings. The molecule has 4 nitrogen and oxygen atoms in total. The van der Waals surface area contributed by atoms with Crippen LogP contribution in [0.4, 0.5) is 0 Å². The molecule has 0 spiro atoms. The highest BCUT2D eigenvalue weighted by Crippen LogP contribution is 1.99. The summed E-state index contributed by atoms with van der Waals surface area (Å²) in [5, 5.41) is 0. The summed E-state index contributed by atoms with van der Waals surface area (Å²) in [5.41, 5.74) is 0.0412. The summed E-state index contributed by atoms with van der Waals surface area (Å²) in [5.74, 6) is 0.0150. The Balaban J connectivity index is 2.82. The Bertz CT molecular complexity index is 310. The van der Waals surface area contributed by atoms with Gasteiger partial charge in [-0.1, -0.05) is 6.92 Å². The molecular formula is C8H10N2O2. The van der Waals surface area contributed by atoms with Crippen LogP contribution in [0.2, 0.25) is 0 Å². The van der Waals surface area contributed by atoms with E-state index in [0.29, 0.717) is 12.0 Å². The molecule has 0 amide bonds. The van der Waals surface area contributed by atoms with E-state index in [1.165, 1.54) is 12.4 Å². The lowest BCUT2D eigenvalue weighted by Crippen LogP contribution is -2.11. The Kier molecular flexibility index (Phi) is 2.74. The number of nitrogens with zero attached hydrogens (tertiary/aromatic N) is 1. The molecule has 0 aliphatic heterocycles. The van der Waals surface area contributed by atoms with Crippen LogP contribution in [0.25, 0.3) is 0 Å². The lowest BCUT2D eigenvalue weighted by molar-refractivity contribution is 0.0981. The molecule has 0 bridgehead atoms. The molecule has 0 fully saturated rings. The van der Waals surface area contributed by atoms with Crippen molar-refractivity contribution in [1.29, 1.82) is 0 Å². The highest BCUT2D eigenvalue weighted by Gasteiger charge is 2.03. The number of hydrogen-bond acceptors (Lipinski definition) is 3. The maximum Gasteiger partial charge on any atom is 0.344 e. The lowest BCUT2D eigenvalue weighted by Gasteiger charge is -1.95. The predicted molar refractivity (Wildman–Crippen MR) is 44.1 cm³/mol. The number of H-pyrrole nitrogens is 1.